The Morgan fingerprint density at radius 1 is 0.771 bits per heavy atom. The molecule has 174 valence electrons. The second kappa shape index (κ2) is 7.59. The first-order valence-electron chi connectivity index (χ1n) is 11.9. The van der Waals surface area contributed by atoms with Crippen LogP contribution in [0.5, 0.6) is 0 Å². The van der Waals surface area contributed by atoms with E-state index < -0.39 is 22.7 Å². The molecule has 1 heterocycles. The molecule has 6 rings (SSSR count). The molecule has 2 bridgehead atoms. The van der Waals surface area contributed by atoms with Crippen molar-refractivity contribution in [2.45, 2.75) is 20.3 Å². The van der Waals surface area contributed by atoms with E-state index in [1.165, 1.54) is 4.90 Å². The Morgan fingerprint density at radius 2 is 1.34 bits per heavy atom. The first-order valence-corrected chi connectivity index (χ1v) is 12.7. The van der Waals surface area contributed by atoms with Gasteiger partial charge in [-0.1, -0.05) is 89.6 Å². The summed E-state index contributed by atoms with van der Waals surface area (Å²) in [7, 11) is 0. The van der Waals surface area contributed by atoms with Gasteiger partial charge in [0.25, 0.3) is 0 Å². The summed E-state index contributed by atoms with van der Waals surface area (Å²) in [5, 5.41) is 0. The highest BCUT2D eigenvalue weighted by Gasteiger charge is 2.79. The predicted octanol–water partition coefficient (Wildman–Crippen LogP) is 6.16. The highest BCUT2D eigenvalue weighted by Crippen LogP contribution is 2.74. The fourth-order valence-corrected chi connectivity index (χ4v) is 7.38. The number of imide groups is 1. The van der Waals surface area contributed by atoms with Crippen molar-refractivity contribution in [2.75, 3.05) is 4.90 Å². The fraction of sp³-hybridized carbons (Fsp3) is 0.233. The normalized spacial score (nSPS) is 29.3. The molecule has 5 heteroatoms. The van der Waals surface area contributed by atoms with Gasteiger partial charge in [-0.2, -0.15) is 0 Å². The molecule has 4 unspecified atom stereocenters. The minimum Gasteiger partial charge on any atom is -0.298 e. The maximum Gasteiger partial charge on any atom is 0.239 e. The lowest BCUT2D eigenvalue weighted by atomic mass is 9.62. The van der Waals surface area contributed by atoms with Crippen molar-refractivity contribution < 1.29 is 14.4 Å². The van der Waals surface area contributed by atoms with Gasteiger partial charge in [0.1, 0.15) is 0 Å². The number of fused-ring (bicyclic) bond motifs is 5. The lowest BCUT2D eigenvalue weighted by Gasteiger charge is -2.37. The van der Waals surface area contributed by atoms with E-state index in [9.17, 15) is 14.4 Å². The molecule has 1 saturated carbocycles. The summed E-state index contributed by atoms with van der Waals surface area (Å²) in [6, 6.07) is 27.0. The summed E-state index contributed by atoms with van der Waals surface area (Å²) in [4.78, 5) is 43.9. The molecule has 4 atom stereocenters. The molecular weight excluding hydrogens is 502 g/mol. The monoisotopic (exact) mass is 525 g/mol. The van der Waals surface area contributed by atoms with E-state index >= 15 is 0 Å². The number of allylic oxidation sites excluding steroid dienone is 2. The van der Waals surface area contributed by atoms with Gasteiger partial charge in [0.15, 0.2) is 5.78 Å². The zero-order chi connectivity index (χ0) is 24.5. The Labute approximate surface area is 212 Å². The molecule has 0 spiro atoms. The molecule has 2 fully saturated rings. The third-order valence-electron chi connectivity index (χ3n) is 8.30. The van der Waals surface area contributed by atoms with Gasteiger partial charge in [0, 0.05) is 4.47 Å². The van der Waals surface area contributed by atoms with Crippen LogP contribution in [0.25, 0.3) is 11.1 Å². The van der Waals surface area contributed by atoms with Crippen LogP contribution >= 0.6 is 15.9 Å². The predicted molar refractivity (Wildman–Crippen MR) is 139 cm³/mol. The van der Waals surface area contributed by atoms with Gasteiger partial charge >= 0.3 is 0 Å². The standard InChI is InChI=1S/C30H24BrNO3/c1-3-30-23(19-13-8-5-9-14-19)22(18-11-6-4-7-12-18)29(2,28(30)35)24-25(30)27(34)32(26(24)33)21-16-10-15-20(31)17-21/h4-17,24-25H,3H2,1-2H3. The Balaban J connectivity index is 1.65. The smallest absolute Gasteiger partial charge is 0.239 e. The van der Waals surface area contributed by atoms with Crippen LogP contribution in [-0.2, 0) is 14.4 Å². The van der Waals surface area contributed by atoms with Crippen molar-refractivity contribution in [3.8, 4) is 0 Å². The Hall–Kier alpha value is -3.31. The summed E-state index contributed by atoms with van der Waals surface area (Å²) in [5.74, 6) is -2.03. The molecule has 2 aliphatic carbocycles. The van der Waals surface area contributed by atoms with Crippen LogP contribution in [0.15, 0.2) is 89.4 Å². The van der Waals surface area contributed by atoms with Gasteiger partial charge < -0.3 is 0 Å². The van der Waals surface area contributed by atoms with Crippen LogP contribution in [0.2, 0.25) is 0 Å². The molecule has 1 saturated heterocycles. The average Bonchev–Trinajstić information content (AvgIpc) is 3.35. The number of Topliss-reactive ketones (excluding diaryl/α,β-unsaturated/α-hetero) is 1. The largest absolute Gasteiger partial charge is 0.298 e. The number of carbonyl (C=O) groups is 3. The molecule has 3 aliphatic rings. The summed E-state index contributed by atoms with van der Waals surface area (Å²) in [6.45, 7) is 3.86. The zero-order valence-corrected chi connectivity index (χ0v) is 21.1. The lowest BCUT2D eigenvalue weighted by molar-refractivity contribution is -0.134. The number of rotatable bonds is 4. The van der Waals surface area contributed by atoms with Crippen LogP contribution in [0, 0.1) is 22.7 Å². The van der Waals surface area contributed by atoms with Crippen LogP contribution in [0.3, 0.4) is 0 Å². The molecule has 35 heavy (non-hydrogen) atoms. The van der Waals surface area contributed by atoms with Crippen molar-refractivity contribution in [3.63, 3.8) is 0 Å². The summed E-state index contributed by atoms with van der Waals surface area (Å²) in [6.07, 6.45) is 0.453. The van der Waals surface area contributed by atoms with Crippen molar-refractivity contribution in [1.29, 1.82) is 0 Å². The molecule has 1 aliphatic heterocycles. The molecule has 0 radical (unpaired) electrons. The van der Waals surface area contributed by atoms with Gasteiger partial charge in [0.05, 0.1) is 28.4 Å². The lowest BCUT2D eigenvalue weighted by Crippen LogP contribution is -2.41. The van der Waals surface area contributed by atoms with Gasteiger partial charge in [0.2, 0.25) is 11.8 Å². The van der Waals surface area contributed by atoms with E-state index in [-0.39, 0.29) is 17.6 Å². The number of benzene rings is 3. The van der Waals surface area contributed by atoms with Gasteiger partial charge in [-0.05, 0) is 53.8 Å². The Bertz CT molecular complexity index is 1430. The fourth-order valence-electron chi connectivity index (χ4n) is 7.00. The Kier molecular flexibility index (Phi) is 4.81. The van der Waals surface area contributed by atoms with E-state index in [2.05, 4.69) is 15.9 Å². The number of amides is 2. The number of nitrogens with zero attached hydrogens (tertiary/aromatic N) is 1. The molecule has 0 aromatic heterocycles. The van der Waals surface area contributed by atoms with Gasteiger partial charge in [-0.3, -0.25) is 14.4 Å². The van der Waals surface area contributed by atoms with Crippen LogP contribution in [-0.4, -0.2) is 17.6 Å². The number of hydrogen-bond donors (Lipinski definition) is 0. The number of carbonyl (C=O) groups excluding carboxylic acids is 3. The molecule has 4 nitrogen and oxygen atoms in total. The van der Waals surface area contributed by atoms with Gasteiger partial charge in [-0.25, -0.2) is 4.90 Å². The topological polar surface area (TPSA) is 54.5 Å². The molecular formula is C30H24BrNO3. The second-order valence-electron chi connectivity index (χ2n) is 9.79. The highest BCUT2D eigenvalue weighted by molar-refractivity contribution is 9.10. The minimum absolute atomic E-state index is 0.00389. The highest BCUT2D eigenvalue weighted by atomic mass is 79.9. The molecule has 2 amide bonds. The zero-order valence-electron chi connectivity index (χ0n) is 19.5. The quantitative estimate of drug-likeness (QED) is 0.383. The van der Waals surface area contributed by atoms with E-state index in [0.29, 0.717) is 12.1 Å². The number of halogens is 1. The van der Waals surface area contributed by atoms with E-state index in [1.54, 1.807) is 12.1 Å². The number of anilines is 1. The first kappa shape index (κ1) is 22.2. The van der Waals surface area contributed by atoms with E-state index in [4.69, 9.17) is 0 Å². The molecule has 3 aromatic carbocycles. The van der Waals surface area contributed by atoms with Crippen LogP contribution < -0.4 is 4.90 Å². The third-order valence-corrected chi connectivity index (χ3v) is 8.79. The molecule has 0 N–H and O–H groups in total. The van der Waals surface area contributed by atoms with Crippen molar-refractivity contribution >= 4 is 50.4 Å². The Morgan fingerprint density at radius 3 is 1.91 bits per heavy atom. The molecule has 3 aromatic rings. The van der Waals surface area contributed by atoms with Crippen molar-refractivity contribution in [2.24, 2.45) is 22.7 Å². The van der Waals surface area contributed by atoms with E-state index in [1.807, 2.05) is 86.6 Å². The van der Waals surface area contributed by atoms with Crippen molar-refractivity contribution in [1.82, 2.24) is 0 Å². The third kappa shape index (κ3) is 2.65. The number of hydrogen-bond acceptors (Lipinski definition) is 3. The average molecular weight is 526 g/mol. The summed E-state index contributed by atoms with van der Waals surface area (Å²) in [5.41, 5.74) is 2.03. The summed E-state index contributed by atoms with van der Waals surface area (Å²) >= 11 is 3.46. The SMILES string of the molecule is CCC12C(=O)C(C)(C(c3ccccc3)=C1c1ccccc1)C1C(=O)N(c3cccc(Br)c3)C(=O)C12. The van der Waals surface area contributed by atoms with Crippen LogP contribution in [0.4, 0.5) is 5.69 Å². The van der Waals surface area contributed by atoms with Crippen LogP contribution in [0.1, 0.15) is 31.4 Å². The number of ketones is 1. The first-order chi connectivity index (χ1) is 16.9. The van der Waals surface area contributed by atoms with Crippen molar-refractivity contribution in [3.05, 3.63) is 101 Å². The summed E-state index contributed by atoms with van der Waals surface area (Å²) < 4.78 is 0.788. The van der Waals surface area contributed by atoms with E-state index in [0.717, 1.165) is 26.7 Å². The second-order valence-corrected chi connectivity index (χ2v) is 10.7. The van der Waals surface area contributed by atoms with Gasteiger partial charge in [-0.15, -0.1) is 0 Å². The maximum atomic E-state index is 14.4. The minimum atomic E-state index is -1.10. The maximum absolute atomic E-state index is 14.4.